The van der Waals surface area contributed by atoms with Crippen molar-refractivity contribution in [3.05, 3.63) is 5.69 Å². The van der Waals surface area contributed by atoms with E-state index >= 15 is 0 Å². The van der Waals surface area contributed by atoms with E-state index in [0.29, 0.717) is 0 Å². The molecule has 1 saturated carbocycles. The van der Waals surface area contributed by atoms with Crippen LogP contribution >= 0.6 is 11.5 Å². The maximum atomic E-state index is 5.82. The third kappa shape index (κ3) is 2.94. The molecule has 0 radical (unpaired) electrons. The Balaban J connectivity index is 1.46. The molecule has 3 rings (SSSR count). The van der Waals surface area contributed by atoms with E-state index < -0.39 is 0 Å². The van der Waals surface area contributed by atoms with Crippen LogP contribution in [0.1, 0.15) is 18.5 Å². The van der Waals surface area contributed by atoms with Crippen LogP contribution in [0.5, 0.6) is 0 Å². The lowest BCUT2D eigenvalue weighted by molar-refractivity contribution is 0.122. The van der Waals surface area contributed by atoms with Gasteiger partial charge in [0.05, 0.1) is 0 Å². The number of anilines is 1. The van der Waals surface area contributed by atoms with Gasteiger partial charge in [-0.1, -0.05) is 4.49 Å². The molecular weight excluding hydrogens is 234 g/mol. The molecule has 0 atom stereocenters. The Hall–Kier alpha value is -0.720. The third-order valence-electron chi connectivity index (χ3n) is 3.64. The summed E-state index contributed by atoms with van der Waals surface area (Å²) in [7, 11) is 0. The van der Waals surface area contributed by atoms with Gasteiger partial charge in [-0.05, 0) is 18.8 Å². The van der Waals surface area contributed by atoms with E-state index in [0.717, 1.165) is 36.2 Å². The number of nitrogens with two attached hydrogens (primary N) is 1. The second-order valence-electron chi connectivity index (χ2n) is 5.10. The first-order valence-electron chi connectivity index (χ1n) is 6.32. The number of hydrogen-bond acceptors (Lipinski definition) is 6. The fourth-order valence-corrected chi connectivity index (χ4v) is 2.77. The molecule has 94 valence electrons. The minimum absolute atomic E-state index is 0.769. The van der Waals surface area contributed by atoms with E-state index in [1.807, 2.05) is 0 Å². The van der Waals surface area contributed by atoms with Crippen molar-refractivity contribution < 1.29 is 0 Å². The van der Waals surface area contributed by atoms with Crippen LogP contribution in [0.25, 0.3) is 0 Å². The zero-order valence-corrected chi connectivity index (χ0v) is 10.8. The van der Waals surface area contributed by atoms with E-state index in [2.05, 4.69) is 19.4 Å². The second kappa shape index (κ2) is 4.88. The zero-order valence-electron chi connectivity index (χ0n) is 10.0. The summed E-state index contributed by atoms with van der Waals surface area (Å²) >= 11 is 1.29. The van der Waals surface area contributed by atoms with Gasteiger partial charge in [0.2, 0.25) is 0 Å². The summed E-state index contributed by atoms with van der Waals surface area (Å²) in [6.07, 6.45) is 2.89. The van der Waals surface area contributed by atoms with Gasteiger partial charge in [-0.25, -0.2) is 0 Å². The standard InChI is InChI=1S/C11H19N5S/c12-11-10(13-14-17-11)8-16-5-3-15(4-6-16)7-9-1-2-9/h9H,1-8,12H2. The van der Waals surface area contributed by atoms with Crippen molar-refractivity contribution in [2.75, 3.05) is 38.5 Å². The van der Waals surface area contributed by atoms with Gasteiger partial charge in [-0.2, -0.15) is 0 Å². The van der Waals surface area contributed by atoms with Crippen LogP contribution in [-0.4, -0.2) is 52.1 Å². The molecule has 1 aromatic rings. The summed E-state index contributed by atoms with van der Waals surface area (Å²) in [6.45, 7) is 6.81. The lowest BCUT2D eigenvalue weighted by Crippen LogP contribution is -2.46. The van der Waals surface area contributed by atoms with Crippen LogP contribution in [0.2, 0.25) is 0 Å². The first kappa shape index (κ1) is 11.4. The topological polar surface area (TPSA) is 58.3 Å². The van der Waals surface area contributed by atoms with Gasteiger partial charge in [-0.15, -0.1) is 5.10 Å². The Morgan fingerprint density at radius 1 is 1.18 bits per heavy atom. The van der Waals surface area contributed by atoms with E-state index in [9.17, 15) is 0 Å². The number of nitrogen functional groups attached to an aromatic ring is 1. The number of rotatable bonds is 4. The highest BCUT2D eigenvalue weighted by atomic mass is 32.1. The Kier molecular flexibility index (Phi) is 3.26. The van der Waals surface area contributed by atoms with Crippen molar-refractivity contribution in [2.24, 2.45) is 5.92 Å². The smallest absolute Gasteiger partial charge is 0.132 e. The summed E-state index contributed by atoms with van der Waals surface area (Å²) < 4.78 is 3.88. The van der Waals surface area contributed by atoms with Gasteiger partial charge in [0.1, 0.15) is 10.7 Å². The van der Waals surface area contributed by atoms with E-state index in [4.69, 9.17) is 5.73 Å². The zero-order chi connectivity index (χ0) is 11.7. The molecule has 0 spiro atoms. The molecule has 6 heteroatoms. The van der Waals surface area contributed by atoms with Gasteiger partial charge >= 0.3 is 0 Å². The molecule has 2 aliphatic rings. The molecule has 1 aliphatic heterocycles. The summed E-state index contributed by atoms with van der Waals surface area (Å²) in [5, 5.41) is 4.84. The lowest BCUT2D eigenvalue weighted by Gasteiger charge is -2.34. The first-order chi connectivity index (χ1) is 8.31. The second-order valence-corrected chi connectivity index (χ2v) is 5.89. The molecule has 0 unspecified atom stereocenters. The summed E-state index contributed by atoms with van der Waals surface area (Å²) in [5.41, 5.74) is 6.77. The van der Waals surface area contributed by atoms with Crippen LogP contribution in [0, 0.1) is 5.92 Å². The molecule has 1 saturated heterocycles. The van der Waals surface area contributed by atoms with Gasteiger partial charge in [0.15, 0.2) is 0 Å². The molecule has 5 nitrogen and oxygen atoms in total. The SMILES string of the molecule is Nc1snnc1CN1CCN(CC2CC2)CC1. The van der Waals surface area contributed by atoms with Crippen LogP contribution in [-0.2, 0) is 6.54 Å². The third-order valence-corrected chi connectivity index (χ3v) is 4.23. The minimum Gasteiger partial charge on any atom is -0.388 e. The molecule has 0 bridgehead atoms. The maximum absolute atomic E-state index is 5.82. The highest BCUT2D eigenvalue weighted by molar-refractivity contribution is 7.09. The number of hydrogen-bond donors (Lipinski definition) is 1. The average Bonchev–Trinajstić information content (AvgIpc) is 3.06. The fraction of sp³-hybridized carbons (Fsp3) is 0.818. The molecule has 2 fully saturated rings. The quantitative estimate of drug-likeness (QED) is 0.853. The molecule has 1 aliphatic carbocycles. The summed E-state index contributed by atoms with van der Waals surface area (Å²) in [5.74, 6) is 1.000. The Bertz CT molecular complexity index is 368. The molecule has 1 aromatic heterocycles. The van der Waals surface area contributed by atoms with Gasteiger partial charge in [0, 0.05) is 50.8 Å². The van der Waals surface area contributed by atoms with Crippen molar-refractivity contribution in [1.29, 1.82) is 0 Å². The molecule has 17 heavy (non-hydrogen) atoms. The van der Waals surface area contributed by atoms with E-state index in [1.165, 1.54) is 44.0 Å². The number of aromatic nitrogens is 2. The Morgan fingerprint density at radius 2 is 1.88 bits per heavy atom. The fourth-order valence-electron chi connectivity index (χ4n) is 2.33. The Labute approximate surface area is 106 Å². The number of piperazine rings is 1. The van der Waals surface area contributed by atoms with Crippen LogP contribution in [0.3, 0.4) is 0 Å². The Morgan fingerprint density at radius 3 is 2.47 bits per heavy atom. The van der Waals surface area contributed by atoms with Crippen molar-refractivity contribution in [2.45, 2.75) is 19.4 Å². The maximum Gasteiger partial charge on any atom is 0.132 e. The van der Waals surface area contributed by atoms with Crippen LogP contribution < -0.4 is 5.73 Å². The van der Waals surface area contributed by atoms with Crippen molar-refractivity contribution in [3.63, 3.8) is 0 Å². The van der Waals surface area contributed by atoms with Crippen molar-refractivity contribution in [3.8, 4) is 0 Å². The first-order valence-corrected chi connectivity index (χ1v) is 7.10. The van der Waals surface area contributed by atoms with Gasteiger partial charge in [0.25, 0.3) is 0 Å². The largest absolute Gasteiger partial charge is 0.388 e. The van der Waals surface area contributed by atoms with Gasteiger partial charge in [-0.3, -0.25) is 4.90 Å². The van der Waals surface area contributed by atoms with Crippen molar-refractivity contribution in [1.82, 2.24) is 19.4 Å². The lowest BCUT2D eigenvalue weighted by atomic mass is 10.2. The van der Waals surface area contributed by atoms with E-state index in [1.54, 1.807) is 0 Å². The summed E-state index contributed by atoms with van der Waals surface area (Å²) in [6, 6.07) is 0. The van der Waals surface area contributed by atoms with Crippen LogP contribution in [0.4, 0.5) is 5.00 Å². The normalized spacial score (nSPS) is 23.1. The van der Waals surface area contributed by atoms with Crippen molar-refractivity contribution >= 4 is 16.5 Å². The molecular formula is C11H19N5S. The average molecular weight is 253 g/mol. The predicted octanol–water partition coefficient (Wildman–Crippen LogP) is 0.648. The molecule has 0 aromatic carbocycles. The summed E-state index contributed by atoms with van der Waals surface area (Å²) in [4.78, 5) is 5.02. The van der Waals surface area contributed by atoms with Crippen LogP contribution in [0.15, 0.2) is 0 Å². The monoisotopic (exact) mass is 253 g/mol. The molecule has 2 N–H and O–H groups in total. The minimum atomic E-state index is 0.769. The highest BCUT2D eigenvalue weighted by Gasteiger charge is 2.26. The molecule has 2 heterocycles. The predicted molar refractivity (Wildman–Crippen MR) is 68.8 cm³/mol. The number of nitrogens with zero attached hydrogens (tertiary/aromatic N) is 4. The molecule has 0 amide bonds. The van der Waals surface area contributed by atoms with E-state index in [-0.39, 0.29) is 0 Å². The highest BCUT2D eigenvalue weighted by Crippen LogP contribution is 2.30. The van der Waals surface area contributed by atoms with Gasteiger partial charge < -0.3 is 10.6 Å².